The first-order valence-electron chi connectivity index (χ1n) is 9.93. The molecular weight excluding hydrogens is 394 g/mol. The number of piperazine rings is 1. The molecule has 0 amide bonds. The summed E-state index contributed by atoms with van der Waals surface area (Å²) in [4.78, 5) is 29.1. The first kappa shape index (κ1) is 19.1. The Labute approximate surface area is 178 Å². The predicted octanol–water partition coefficient (Wildman–Crippen LogP) is 1.54. The molecule has 0 saturated carbocycles. The number of fused-ring (bicyclic) bond motifs is 1. The smallest absolute Gasteiger partial charge is 0.162 e. The molecule has 0 bridgehead atoms. The van der Waals surface area contributed by atoms with Crippen LogP contribution in [-0.4, -0.2) is 63.2 Å². The number of nitrogens with zero attached hydrogens (tertiary/aromatic N) is 7. The Balaban J connectivity index is 1.67. The third kappa shape index (κ3) is 3.57. The lowest BCUT2D eigenvalue weighted by atomic mass is 10.1. The highest BCUT2D eigenvalue weighted by Gasteiger charge is 2.21. The lowest BCUT2D eigenvalue weighted by Crippen LogP contribution is -2.44. The summed E-state index contributed by atoms with van der Waals surface area (Å²) in [5, 5.41) is 4.23. The van der Waals surface area contributed by atoms with Gasteiger partial charge in [-0.1, -0.05) is 0 Å². The van der Waals surface area contributed by atoms with Gasteiger partial charge in [-0.3, -0.25) is 9.97 Å². The van der Waals surface area contributed by atoms with Gasteiger partial charge in [0.25, 0.3) is 0 Å². The number of anilines is 2. The maximum atomic E-state index is 5.99. The summed E-state index contributed by atoms with van der Waals surface area (Å²) < 4.78 is 5.57. The zero-order valence-corrected chi connectivity index (χ0v) is 17.0. The molecule has 0 aromatic carbocycles. The second-order valence-corrected chi connectivity index (χ2v) is 7.06. The summed E-state index contributed by atoms with van der Waals surface area (Å²) in [6.07, 6.45) is 8.26. The Morgan fingerprint density at radius 2 is 1.87 bits per heavy atom. The average Bonchev–Trinajstić information content (AvgIpc) is 2.84. The highest BCUT2D eigenvalue weighted by atomic mass is 16.5. The van der Waals surface area contributed by atoms with E-state index in [1.54, 1.807) is 38.1 Å². The van der Waals surface area contributed by atoms with Crippen molar-refractivity contribution in [3.63, 3.8) is 0 Å². The van der Waals surface area contributed by atoms with Crippen LogP contribution in [0.25, 0.3) is 33.7 Å². The number of nitrogen functional groups attached to an aromatic ring is 1. The first-order chi connectivity index (χ1) is 15.2. The molecule has 10 heteroatoms. The number of hydrogen-bond acceptors (Lipinski definition) is 10. The van der Waals surface area contributed by atoms with Crippen LogP contribution in [0.15, 0.2) is 43.1 Å². The second kappa shape index (κ2) is 8.07. The van der Waals surface area contributed by atoms with Crippen LogP contribution in [0.4, 0.5) is 11.6 Å². The number of ether oxygens (including phenoxy) is 1. The number of pyridine rings is 2. The molecule has 0 spiro atoms. The fourth-order valence-corrected chi connectivity index (χ4v) is 3.67. The Kier molecular flexibility index (Phi) is 4.97. The van der Waals surface area contributed by atoms with Crippen molar-refractivity contribution in [2.75, 3.05) is 43.9 Å². The van der Waals surface area contributed by atoms with Gasteiger partial charge in [0, 0.05) is 50.3 Å². The molecule has 4 aromatic heterocycles. The Hall–Kier alpha value is -3.92. The summed E-state index contributed by atoms with van der Waals surface area (Å²) in [6, 6.07) is 3.74. The maximum Gasteiger partial charge on any atom is 0.162 e. The average molecular weight is 415 g/mol. The summed E-state index contributed by atoms with van der Waals surface area (Å²) in [7, 11) is 1.63. The summed E-state index contributed by atoms with van der Waals surface area (Å²) >= 11 is 0. The van der Waals surface area contributed by atoms with Crippen LogP contribution in [0.1, 0.15) is 0 Å². The minimum Gasteiger partial charge on any atom is -0.494 e. The molecule has 156 valence electrons. The van der Waals surface area contributed by atoms with Crippen molar-refractivity contribution in [3.05, 3.63) is 43.1 Å². The summed E-state index contributed by atoms with van der Waals surface area (Å²) in [5.74, 6) is 2.38. The fourth-order valence-electron chi connectivity index (χ4n) is 3.67. The molecule has 3 N–H and O–H groups in total. The lowest BCUT2D eigenvalue weighted by molar-refractivity contribution is 0.418. The van der Waals surface area contributed by atoms with Crippen molar-refractivity contribution < 1.29 is 4.74 Å². The largest absolute Gasteiger partial charge is 0.494 e. The van der Waals surface area contributed by atoms with Crippen LogP contribution in [0.5, 0.6) is 5.75 Å². The van der Waals surface area contributed by atoms with E-state index in [0.717, 1.165) is 48.5 Å². The number of nitrogens with two attached hydrogens (primary N) is 1. The quantitative estimate of drug-likeness (QED) is 0.506. The molecule has 1 saturated heterocycles. The molecule has 1 aliphatic rings. The molecule has 0 radical (unpaired) electrons. The zero-order chi connectivity index (χ0) is 21.2. The van der Waals surface area contributed by atoms with E-state index in [1.165, 1.54) is 0 Å². The van der Waals surface area contributed by atoms with Crippen molar-refractivity contribution in [3.8, 4) is 28.5 Å². The van der Waals surface area contributed by atoms with Gasteiger partial charge in [-0.05, 0) is 12.1 Å². The Bertz CT molecular complexity index is 1240. The number of aromatic nitrogens is 6. The van der Waals surface area contributed by atoms with Crippen LogP contribution in [0.3, 0.4) is 0 Å². The van der Waals surface area contributed by atoms with Crippen molar-refractivity contribution in [1.82, 2.24) is 35.2 Å². The Morgan fingerprint density at radius 3 is 2.68 bits per heavy atom. The Morgan fingerprint density at radius 1 is 1.03 bits per heavy atom. The molecule has 0 atom stereocenters. The second-order valence-electron chi connectivity index (χ2n) is 7.06. The van der Waals surface area contributed by atoms with Gasteiger partial charge in [-0.25, -0.2) is 19.9 Å². The zero-order valence-electron chi connectivity index (χ0n) is 17.0. The van der Waals surface area contributed by atoms with E-state index in [-0.39, 0.29) is 0 Å². The van der Waals surface area contributed by atoms with Crippen LogP contribution in [-0.2, 0) is 0 Å². The standard InChI is InChI=1S/C21H21N9O/c1-31-16-12-24-11-15-17(16)21(30-8-6-23-7-9-30)29-20(28-15)13-2-3-25-14(10-13)18-19(22)27-5-4-26-18/h2-5,10-12,23H,6-9H2,1H3,(H2,22,27). The van der Waals surface area contributed by atoms with E-state index in [1.807, 2.05) is 12.1 Å². The van der Waals surface area contributed by atoms with Gasteiger partial charge in [-0.15, -0.1) is 0 Å². The maximum absolute atomic E-state index is 5.99. The molecule has 31 heavy (non-hydrogen) atoms. The molecule has 10 nitrogen and oxygen atoms in total. The number of nitrogens with one attached hydrogen (secondary N) is 1. The topological polar surface area (TPSA) is 128 Å². The van der Waals surface area contributed by atoms with Gasteiger partial charge < -0.3 is 20.7 Å². The molecule has 4 aromatic rings. The molecule has 1 fully saturated rings. The molecule has 0 aliphatic carbocycles. The van der Waals surface area contributed by atoms with Crippen LogP contribution in [0.2, 0.25) is 0 Å². The van der Waals surface area contributed by atoms with Crippen LogP contribution >= 0.6 is 0 Å². The number of hydrogen-bond donors (Lipinski definition) is 2. The van der Waals surface area contributed by atoms with Crippen molar-refractivity contribution >= 4 is 22.5 Å². The normalized spacial score (nSPS) is 14.0. The van der Waals surface area contributed by atoms with E-state index in [9.17, 15) is 0 Å². The third-order valence-corrected chi connectivity index (χ3v) is 5.18. The predicted molar refractivity (Wildman–Crippen MR) is 118 cm³/mol. The van der Waals surface area contributed by atoms with Crippen LogP contribution < -0.4 is 20.7 Å². The fraction of sp³-hybridized carbons (Fsp3) is 0.238. The van der Waals surface area contributed by atoms with E-state index in [0.29, 0.717) is 28.8 Å². The van der Waals surface area contributed by atoms with Crippen molar-refractivity contribution in [1.29, 1.82) is 0 Å². The molecule has 5 heterocycles. The SMILES string of the molecule is COc1cncc2nc(-c3ccnc(-c4nccnc4N)c3)nc(N3CCNCC3)c12. The highest BCUT2D eigenvalue weighted by Crippen LogP contribution is 2.34. The third-order valence-electron chi connectivity index (χ3n) is 5.18. The van der Waals surface area contributed by atoms with Crippen molar-refractivity contribution in [2.24, 2.45) is 0 Å². The molecule has 0 unspecified atom stereocenters. The van der Waals surface area contributed by atoms with Gasteiger partial charge >= 0.3 is 0 Å². The van der Waals surface area contributed by atoms with Crippen molar-refractivity contribution in [2.45, 2.75) is 0 Å². The monoisotopic (exact) mass is 415 g/mol. The van der Waals surface area contributed by atoms with Crippen LogP contribution in [0, 0.1) is 0 Å². The first-order valence-corrected chi connectivity index (χ1v) is 9.93. The minimum atomic E-state index is 0.321. The van der Waals surface area contributed by atoms with Gasteiger partial charge in [0.1, 0.15) is 17.3 Å². The molecule has 5 rings (SSSR count). The van der Waals surface area contributed by atoms with Gasteiger partial charge in [-0.2, -0.15) is 0 Å². The number of rotatable bonds is 4. The van der Waals surface area contributed by atoms with E-state index in [2.05, 4.69) is 30.2 Å². The molecule has 1 aliphatic heterocycles. The van der Waals surface area contributed by atoms with E-state index in [4.69, 9.17) is 20.4 Å². The summed E-state index contributed by atoms with van der Waals surface area (Å²) in [6.45, 7) is 3.46. The van der Waals surface area contributed by atoms with Gasteiger partial charge in [0.15, 0.2) is 11.6 Å². The van der Waals surface area contributed by atoms with E-state index >= 15 is 0 Å². The lowest BCUT2D eigenvalue weighted by Gasteiger charge is -2.29. The minimum absolute atomic E-state index is 0.321. The molecular formula is C21H21N9O. The van der Waals surface area contributed by atoms with E-state index < -0.39 is 0 Å². The highest BCUT2D eigenvalue weighted by molar-refractivity contribution is 5.95. The number of methoxy groups -OCH3 is 1. The summed E-state index contributed by atoms with van der Waals surface area (Å²) in [5.41, 5.74) is 8.64. The van der Waals surface area contributed by atoms with Gasteiger partial charge in [0.2, 0.25) is 0 Å². The van der Waals surface area contributed by atoms with Gasteiger partial charge in [0.05, 0.1) is 36.1 Å².